The van der Waals surface area contributed by atoms with Crippen LogP contribution in [0.15, 0.2) is 23.1 Å². The quantitative estimate of drug-likeness (QED) is 0.872. The molecule has 3 rings (SSSR count). The number of rotatable bonds is 3. The van der Waals surface area contributed by atoms with Crippen molar-refractivity contribution >= 4 is 15.9 Å². The van der Waals surface area contributed by atoms with Crippen molar-refractivity contribution < 1.29 is 17.9 Å². The molecule has 1 fully saturated rings. The van der Waals surface area contributed by atoms with Gasteiger partial charge in [0.2, 0.25) is 15.9 Å². The summed E-state index contributed by atoms with van der Waals surface area (Å²) in [5.41, 5.74) is 7.19. The van der Waals surface area contributed by atoms with Crippen molar-refractivity contribution in [2.24, 2.45) is 5.73 Å². The lowest BCUT2D eigenvalue weighted by Gasteiger charge is -2.21. The fourth-order valence-electron chi connectivity index (χ4n) is 2.76. The summed E-state index contributed by atoms with van der Waals surface area (Å²) in [7, 11) is -3.68. The lowest BCUT2D eigenvalue weighted by atomic mass is 10.1. The van der Waals surface area contributed by atoms with Crippen LogP contribution in [0.25, 0.3) is 0 Å². The first kappa shape index (κ1) is 13.5. The maximum Gasteiger partial charge on any atom is 0.243 e. The van der Waals surface area contributed by atoms with E-state index in [1.165, 1.54) is 4.31 Å². The lowest BCUT2D eigenvalue weighted by Crippen LogP contribution is -2.43. The Bertz CT molecular complexity index is 656. The first-order chi connectivity index (χ1) is 9.50. The van der Waals surface area contributed by atoms with E-state index in [4.69, 9.17) is 10.5 Å². The zero-order valence-corrected chi connectivity index (χ0v) is 11.7. The van der Waals surface area contributed by atoms with Gasteiger partial charge in [-0.3, -0.25) is 4.79 Å². The van der Waals surface area contributed by atoms with Crippen LogP contribution in [0.1, 0.15) is 24.0 Å². The molecule has 0 bridgehead atoms. The van der Waals surface area contributed by atoms with E-state index in [-0.39, 0.29) is 4.90 Å². The molecule has 0 aliphatic carbocycles. The largest absolute Gasteiger partial charge is 0.372 e. The fourth-order valence-corrected chi connectivity index (χ4v) is 4.47. The molecule has 1 aromatic rings. The number of amides is 1. The topological polar surface area (TPSA) is 89.7 Å². The van der Waals surface area contributed by atoms with Crippen molar-refractivity contribution in [3.8, 4) is 0 Å². The maximum absolute atomic E-state index is 12.6. The van der Waals surface area contributed by atoms with Crippen molar-refractivity contribution in [1.82, 2.24) is 4.31 Å². The van der Waals surface area contributed by atoms with Gasteiger partial charge in [0.1, 0.15) is 6.04 Å². The third-order valence-electron chi connectivity index (χ3n) is 3.83. The Hall–Kier alpha value is -1.44. The monoisotopic (exact) mass is 296 g/mol. The predicted octanol–water partition coefficient (Wildman–Crippen LogP) is 0.355. The number of carbonyl (C=O) groups excluding carboxylic acids is 1. The van der Waals surface area contributed by atoms with Gasteiger partial charge in [-0.1, -0.05) is 6.07 Å². The highest BCUT2D eigenvalue weighted by Gasteiger charge is 2.38. The highest BCUT2D eigenvalue weighted by Crippen LogP contribution is 2.29. The van der Waals surface area contributed by atoms with Crippen LogP contribution in [0.3, 0.4) is 0 Å². The Labute approximate surface area is 117 Å². The molecule has 1 unspecified atom stereocenters. The van der Waals surface area contributed by atoms with Crippen LogP contribution in [0.2, 0.25) is 0 Å². The Morgan fingerprint density at radius 1 is 1.30 bits per heavy atom. The van der Waals surface area contributed by atoms with E-state index in [1.807, 2.05) is 0 Å². The highest BCUT2D eigenvalue weighted by atomic mass is 32.2. The molecule has 0 aromatic heterocycles. The first-order valence-electron chi connectivity index (χ1n) is 6.51. The minimum Gasteiger partial charge on any atom is -0.372 e. The van der Waals surface area contributed by atoms with Crippen LogP contribution in [0, 0.1) is 0 Å². The molecule has 2 heterocycles. The molecule has 1 aromatic carbocycles. The van der Waals surface area contributed by atoms with E-state index in [2.05, 4.69) is 0 Å². The molecule has 7 heteroatoms. The third kappa shape index (κ3) is 2.11. The number of nitrogens with zero attached hydrogens (tertiary/aromatic N) is 1. The van der Waals surface area contributed by atoms with Crippen molar-refractivity contribution in [3.05, 3.63) is 29.3 Å². The van der Waals surface area contributed by atoms with E-state index in [0.29, 0.717) is 32.6 Å². The Kier molecular flexibility index (Phi) is 3.27. The number of benzene rings is 1. The van der Waals surface area contributed by atoms with Gasteiger partial charge in [-0.15, -0.1) is 0 Å². The van der Waals surface area contributed by atoms with E-state index < -0.39 is 22.0 Å². The number of fused-ring (bicyclic) bond motifs is 1. The number of sulfonamides is 1. The van der Waals surface area contributed by atoms with Gasteiger partial charge in [0, 0.05) is 6.54 Å². The molecular formula is C13H16N2O4S. The molecular weight excluding hydrogens is 280 g/mol. The number of hydrogen-bond acceptors (Lipinski definition) is 4. The van der Waals surface area contributed by atoms with Crippen molar-refractivity contribution in [3.63, 3.8) is 0 Å². The summed E-state index contributed by atoms with van der Waals surface area (Å²) >= 11 is 0. The molecule has 2 N–H and O–H groups in total. The van der Waals surface area contributed by atoms with Gasteiger partial charge in [0.15, 0.2) is 0 Å². The second kappa shape index (κ2) is 4.83. The van der Waals surface area contributed by atoms with Gasteiger partial charge in [0.05, 0.1) is 18.1 Å². The fraction of sp³-hybridized carbons (Fsp3) is 0.462. The summed E-state index contributed by atoms with van der Waals surface area (Å²) in [5, 5.41) is 0. The Morgan fingerprint density at radius 2 is 2.05 bits per heavy atom. The molecule has 6 nitrogen and oxygen atoms in total. The molecule has 0 saturated carbocycles. The van der Waals surface area contributed by atoms with E-state index in [9.17, 15) is 13.2 Å². The number of carbonyl (C=O) groups is 1. The average Bonchev–Trinajstić information content (AvgIpc) is 3.06. The molecule has 1 saturated heterocycles. The summed E-state index contributed by atoms with van der Waals surface area (Å²) in [5.74, 6) is -0.587. The second-order valence-corrected chi connectivity index (χ2v) is 6.99. The van der Waals surface area contributed by atoms with Gasteiger partial charge in [-0.2, -0.15) is 4.31 Å². The van der Waals surface area contributed by atoms with Crippen molar-refractivity contribution in [2.45, 2.75) is 37.0 Å². The van der Waals surface area contributed by atoms with Gasteiger partial charge < -0.3 is 10.5 Å². The molecule has 2 aliphatic heterocycles. The van der Waals surface area contributed by atoms with Crippen LogP contribution in [-0.2, 0) is 32.8 Å². The summed E-state index contributed by atoms with van der Waals surface area (Å²) in [6.07, 6.45) is 1.14. The Morgan fingerprint density at radius 3 is 2.80 bits per heavy atom. The van der Waals surface area contributed by atoms with E-state index in [1.54, 1.807) is 18.2 Å². The van der Waals surface area contributed by atoms with Crippen LogP contribution in [-0.4, -0.2) is 31.2 Å². The third-order valence-corrected chi connectivity index (χ3v) is 5.74. The van der Waals surface area contributed by atoms with Gasteiger partial charge in [-0.25, -0.2) is 8.42 Å². The van der Waals surface area contributed by atoms with Crippen LogP contribution in [0.4, 0.5) is 0 Å². The molecule has 1 atom stereocenters. The summed E-state index contributed by atoms with van der Waals surface area (Å²) < 4.78 is 31.8. The van der Waals surface area contributed by atoms with Gasteiger partial charge in [-0.05, 0) is 36.1 Å². The summed E-state index contributed by atoms with van der Waals surface area (Å²) in [4.78, 5) is 11.6. The van der Waals surface area contributed by atoms with Gasteiger partial charge in [0.25, 0.3) is 0 Å². The average molecular weight is 296 g/mol. The van der Waals surface area contributed by atoms with Crippen LogP contribution in [0.5, 0.6) is 0 Å². The smallest absolute Gasteiger partial charge is 0.243 e. The van der Waals surface area contributed by atoms with E-state index in [0.717, 1.165) is 11.1 Å². The molecule has 108 valence electrons. The minimum atomic E-state index is -3.68. The second-order valence-electron chi connectivity index (χ2n) is 5.10. The van der Waals surface area contributed by atoms with Crippen molar-refractivity contribution in [1.29, 1.82) is 0 Å². The maximum atomic E-state index is 12.6. The van der Waals surface area contributed by atoms with Gasteiger partial charge >= 0.3 is 0 Å². The number of ether oxygens (including phenoxy) is 1. The highest BCUT2D eigenvalue weighted by molar-refractivity contribution is 7.89. The molecule has 0 radical (unpaired) electrons. The normalized spacial score (nSPS) is 22.9. The molecule has 1 amide bonds. The number of primary amides is 1. The Balaban J connectivity index is 1.97. The SMILES string of the molecule is NC(=O)C1CCCN1S(=O)(=O)c1ccc2c(c1)COC2. The molecule has 0 spiro atoms. The number of hydrogen-bond donors (Lipinski definition) is 1. The summed E-state index contributed by atoms with van der Waals surface area (Å²) in [6, 6.07) is 4.24. The molecule has 2 aliphatic rings. The van der Waals surface area contributed by atoms with Crippen LogP contribution < -0.4 is 5.73 Å². The predicted molar refractivity (Wildman–Crippen MR) is 71.0 cm³/mol. The van der Waals surface area contributed by atoms with E-state index >= 15 is 0 Å². The van der Waals surface area contributed by atoms with Crippen molar-refractivity contribution in [2.75, 3.05) is 6.54 Å². The first-order valence-corrected chi connectivity index (χ1v) is 7.95. The minimum absolute atomic E-state index is 0.204. The zero-order valence-electron chi connectivity index (χ0n) is 10.9. The lowest BCUT2D eigenvalue weighted by molar-refractivity contribution is -0.121. The molecule has 20 heavy (non-hydrogen) atoms. The zero-order chi connectivity index (χ0) is 14.3. The summed E-state index contributed by atoms with van der Waals surface area (Å²) in [6.45, 7) is 1.28. The van der Waals surface area contributed by atoms with Crippen LogP contribution >= 0.6 is 0 Å². The standard InChI is InChI=1S/C13H16N2O4S/c14-13(16)12-2-1-5-15(12)20(17,18)11-4-3-9-7-19-8-10(9)6-11/h3-4,6,12H,1-2,5,7-8H2,(H2,14,16). The number of nitrogens with two attached hydrogens (primary N) is 1.